The van der Waals surface area contributed by atoms with Crippen molar-refractivity contribution in [2.75, 3.05) is 32.1 Å². The van der Waals surface area contributed by atoms with Crippen molar-refractivity contribution in [1.82, 2.24) is 5.32 Å². The van der Waals surface area contributed by atoms with Gasteiger partial charge in [0.15, 0.2) is 0 Å². The molecule has 100 valence electrons. The van der Waals surface area contributed by atoms with Crippen molar-refractivity contribution in [3.05, 3.63) is 30.3 Å². The van der Waals surface area contributed by atoms with Crippen molar-refractivity contribution in [2.45, 2.75) is 20.3 Å². The highest BCUT2D eigenvalue weighted by Crippen LogP contribution is 2.27. The number of rotatable bonds is 7. The molecular weight excluding hydrogens is 222 g/mol. The van der Waals surface area contributed by atoms with Gasteiger partial charge in [0, 0.05) is 49.2 Å². The highest BCUT2D eigenvalue weighted by molar-refractivity contribution is 5.76. The lowest BCUT2D eigenvalue weighted by Crippen LogP contribution is -2.72. The van der Waals surface area contributed by atoms with Crippen LogP contribution in [0.5, 0.6) is 0 Å². The van der Waals surface area contributed by atoms with Crippen molar-refractivity contribution < 1.29 is 5.32 Å². The third-order valence-electron chi connectivity index (χ3n) is 3.20. The van der Waals surface area contributed by atoms with Gasteiger partial charge in [-0.3, -0.25) is 0 Å². The van der Waals surface area contributed by atoms with Crippen molar-refractivity contribution in [3.63, 3.8) is 0 Å². The predicted molar refractivity (Wildman–Crippen MR) is 80.2 cm³/mol. The Balaban J connectivity index is 3.19. The van der Waals surface area contributed by atoms with E-state index in [0.717, 1.165) is 25.2 Å². The summed E-state index contributed by atoms with van der Waals surface area (Å²) in [5.74, 6) is 0. The van der Waals surface area contributed by atoms with Crippen molar-refractivity contribution in [2.24, 2.45) is 0 Å². The molecule has 0 aromatic heterocycles. The van der Waals surface area contributed by atoms with E-state index in [4.69, 9.17) is 0 Å². The normalized spacial score (nSPS) is 10.2. The molecule has 0 aliphatic rings. The van der Waals surface area contributed by atoms with Gasteiger partial charge in [0.25, 0.3) is 0 Å². The Hall–Kier alpha value is -1.48. The van der Waals surface area contributed by atoms with Crippen LogP contribution in [0.15, 0.2) is 24.8 Å². The topological polar surface area (TPSA) is 31.9 Å². The van der Waals surface area contributed by atoms with Gasteiger partial charge in [-0.2, -0.15) is 0 Å². The lowest BCUT2D eigenvalue weighted by molar-refractivity contribution is -0.539. The summed E-state index contributed by atoms with van der Waals surface area (Å²) < 4.78 is 0. The van der Waals surface area contributed by atoms with Crippen molar-refractivity contribution >= 4 is 17.1 Å². The highest BCUT2D eigenvalue weighted by atomic mass is 15.1. The van der Waals surface area contributed by atoms with E-state index in [-0.39, 0.29) is 0 Å². The van der Waals surface area contributed by atoms with E-state index < -0.39 is 0 Å². The summed E-state index contributed by atoms with van der Waals surface area (Å²) in [5, 5.41) is 5.28. The molecule has 0 atom stereocenters. The molecule has 0 fully saturated rings. The van der Waals surface area contributed by atoms with Gasteiger partial charge in [-0.15, -0.1) is 0 Å². The number of hydrogen-bond acceptors (Lipinski definition) is 2. The monoisotopic (exact) mass is 248 g/mol. The van der Waals surface area contributed by atoms with Crippen LogP contribution in [0.4, 0.5) is 11.4 Å². The molecule has 1 aromatic carbocycles. The van der Waals surface area contributed by atoms with E-state index >= 15 is 0 Å². The van der Waals surface area contributed by atoms with E-state index in [2.05, 4.69) is 61.2 Å². The summed E-state index contributed by atoms with van der Waals surface area (Å²) in [6, 6.07) is 6.57. The number of quaternary nitrogens is 1. The summed E-state index contributed by atoms with van der Waals surface area (Å²) >= 11 is 0. The molecule has 0 aliphatic heterocycles. The van der Waals surface area contributed by atoms with Gasteiger partial charge in [-0.05, 0) is 19.4 Å². The van der Waals surface area contributed by atoms with E-state index in [9.17, 15) is 0 Å². The quantitative estimate of drug-likeness (QED) is 0.723. The van der Waals surface area contributed by atoms with Crippen LogP contribution < -0.4 is 15.5 Å². The fourth-order valence-electron chi connectivity index (χ4n) is 2.10. The molecular formula is C15H26N3+. The van der Waals surface area contributed by atoms with Crippen LogP contribution in [0.2, 0.25) is 0 Å². The molecule has 0 aliphatic carbocycles. The second-order valence-corrected chi connectivity index (χ2v) is 4.37. The molecule has 1 aromatic rings. The molecule has 0 saturated heterocycles. The first-order chi connectivity index (χ1) is 8.67. The molecule has 18 heavy (non-hydrogen) atoms. The molecule has 3 heteroatoms. The minimum atomic E-state index is 0.975. The van der Waals surface area contributed by atoms with E-state index in [0.29, 0.717) is 0 Å². The SMILES string of the molecule is C=C(NC)c1cc([NH2+]C)ccc1N(CC)CCC. The number of benzene rings is 1. The maximum absolute atomic E-state index is 4.10. The maximum Gasteiger partial charge on any atom is 0.130 e. The van der Waals surface area contributed by atoms with Crippen molar-refractivity contribution in [1.29, 1.82) is 0 Å². The van der Waals surface area contributed by atoms with Crippen LogP contribution in [0, 0.1) is 0 Å². The largest absolute Gasteiger partial charge is 0.388 e. The molecule has 0 radical (unpaired) electrons. The summed E-state index contributed by atoms with van der Waals surface area (Å²) in [7, 11) is 3.98. The van der Waals surface area contributed by atoms with Crippen LogP contribution in [-0.2, 0) is 0 Å². The molecule has 0 saturated carbocycles. The molecule has 0 bridgehead atoms. The Labute approximate surface area is 111 Å². The average molecular weight is 248 g/mol. The Morgan fingerprint density at radius 1 is 1.39 bits per heavy atom. The Bertz CT molecular complexity index is 399. The number of nitrogens with zero attached hydrogens (tertiary/aromatic N) is 1. The van der Waals surface area contributed by atoms with Crippen LogP contribution in [-0.4, -0.2) is 27.2 Å². The Kier molecular flexibility index (Phi) is 5.72. The van der Waals surface area contributed by atoms with Crippen LogP contribution in [0.3, 0.4) is 0 Å². The van der Waals surface area contributed by atoms with E-state index in [1.165, 1.54) is 16.9 Å². The molecule has 0 amide bonds. The fraction of sp³-hybridized carbons (Fsp3) is 0.467. The summed E-state index contributed by atoms with van der Waals surface area (Å²) in [6.45, 7) is 10.6. The number of nitrogens with one attached hydrogen (secondary N) is 1. The lowest BCUT2D eigenvalue weighted by atomic mass is 10.1. The standard InChI is InChI=1S/C15H25N3/c1-6-10-18(7-2)15-9-8-13(17-5)11-14(15)12(3)16-4/h8-9,11,16-17H,3,6-7,10H2,1-2,4-5H3/p+1. The zero-order valence-corrected chi connectivity index (χ0v) is 12.1. The van der Waals surface area contributed by atoms with E-state index in [1.807, 2.05) is 7.05 Å². The zero-order valence-electron chi connectivity index (χ0n) is 12.1. The first kappa shape index (κ1) is 14.6. The first-order valence-corrected chi connectivity index (χ1v) is 6.73. The summed E-state index contributed by atoms with van der Waals surface area (Å²) in [6.07, 6.45) is 1.15. The number of anilines is 1. The highest BCUT2D eigenvalue weighted by Gasteiger charge is 2.12. The second kappa shape index (κ2) is 7.07. The van der Waals surface area contributed by atoms with E-state index in [1.54, 1.807) is 0 Å². The molecule has 0 unspecified atom stereocenters. The zero-order chi connectivity index (χ0) is 13.5. The maximum atomic E-state index is 4.10. The van der Waals surface area contributed by atoms with Gasteiger partial charge >= 0.3 is 0 Å². The first-order valence-electron chi connectivity index (χ1n) is 6.73. The van der Waals surface area contributed by atoms with Crippen molar-refractivity contribution in [3.8, 4) is 0 Å². The smallest absolute Gasteiger partial charge is 0.130 e. The average Bonchev–Trinajstić information content (AvgIpc) is 2.43. The minimum Gasteiger partial charge on any atom is -0.388 e. The van der Waals surface area contributed by atoms with Crippen LogP contribution >= 0.6 is 0 Å². The van der Waals surface area contributed by atoms with Gasteiger partial charge in [0.1, 0.15) is 5.69 Å². The van der Waals surface area contributed by atoms with Gasteiger partial charge in [-0.1, -0.05) is 13.5 Å². The number of nitrogens with two attached hydrogens (primary N) is 1. The third kappa shape index (κ3) is 3.26. The second-order valence-electron chi connectivity index (χ2n) is 4.37. The van der Waals surface area contributed by atoms with Gasteiger partial charge in [-0.25, -0.2) is 0 Å². The predicted octanol–water partition coefficient (Wildman–Crippen LogP) is 1.94. The van der Waals surface area contributed by atoms with Gasteiger partial charge in [0.05, 0.1) is 7.05 Å². The van der Waals surface area contributed by atoms with Gasteiger partial charge in [0.2, 0.25) is 0 Å². The Morgan fingerprint density at radius 3 is 2.61 bits per heavy atom. The fourth-order valence-corrected chi connectivity index (χ4v) is 2.10. The van der Waals surface area contributed by atoms with Crippen LogP contribution in [0.1, 0.15) is 25.8 Å². The molecule has 0 heterocycles. The van der Waals surface area contributed by atoms with Gasteiger partial charge < -0.3 is 15.5 Å². The number of hydrogen-bond donors (Lipinski definition) is 2. The molecule has 3 nitrogen and oxygen atoms in total. The molecule has 1 rings (SSSR count). The Morgan fingerprint density at radius 2 is 2.11 bits per heavy atom. The minimum absolute atomic E-state index is 0.975. The lowest BCUT2D eigenvalue weighted by Gasteiger charge is -2.26. The van der Waals surface area contributed by atoms with Crippen LogP contribution in [0.25, 0.3) is 5.70 Å². The summed E-state index contributed by atoms with van der Waals surface area (Å²) in [4.78, 5) is 2.40. The molecule has 3 N–H and O–H groups in total. The third-order valence-corrected chi connectivity index (χ3v) is 3.20. The molecule has 0 spiro atoms. The summed E-state index contributed by atoms with van der Waals surface area (Å²) in [5.41, 5.74) is 4.67.